The van der Waals surface area contributed by atoms with Gasteiger partial charge in [0.25, 0.3) is 0 Å². The summed E-state index contributed by atoms with van der Waals surface area (Å²) in [5.74, 6) is -0.722. The van der Waals surface area contributed by atoms with E-state index < -0.39 is 16.0 Å². The zero-order chi connectivity index (χ0) is 18.4. The highest BCUT2D eigenvalue weighted by atomic mass is 35.5. The van der Waals surface area contributed by atoms with Crippen molar-refractivity contribution in [3.8, 4) is 0 Å². The van der Waals surface area contributed by atoms with Crippen molar-refractivity contribution in [3.63, 3.8) is 0 Å². The SMILES string of the molecule is C=CCN(Cc1ccc(Cl)s1)S(=O)(=O)Cc1cccc(C(=O)OC)c1. The minimum absolute atomic E-state index is 0.189. The van der Waals surface area contributed by atoms with Crippen molar-refractivity contribution in [2.75, 3.05) is 13.7 Å². The van der Waals surface area contributed by atoms with Crippen LogP contribution < -0.4 is 0 Å². The third-order valence-electron chi connectivity index (χ3n) is 3.38. The van der Waals surface area contributed by atoms with Crippen LogP contribution in [-0.4, -0.2) is 32.3 Å². The first-order chi connectivity index (χ1) is 11.9. The van der Waals surface area contributed by atoms with Gasteiger partial charge in [-0.2, -0.15) is 4.31 Å². The van der Waals surface area contributed by atoms with Crippen LogP contribution in [0, 0.1) is 0 Å². The maximum Gasteiger partial charge on any atom is 0.337 e. The summed E-state index contributed by atoms with van der Waals surface area (Å²) in [7, 11) is -2.32. The van der Waals surface area contributed by atoms with Crippen LogP contribution in [0.25, 0.3) is 0 Å². The second-order valence-electron chi connectivity index (χ2n) is 5.24. The first-order valence-corrected chi connectivity index (χ1v) is 10.2. The largest absolute Gasteiger partial charge is 0.465 e. The van der Waals surface area contributed by atoms with Crippen molar-refractivity contribution in [3.05, 3.63) is 69.4 Å². The van der Waals surface area contributed by atoms with Crippen molar-refractivity contribution in [1.29, 1.82) is 0 Å². The van der Waals surface area contributed by atoms with E-state index in [0.717, 1.165) is 4.88 Å². The third kappa shape index (κ3) is 5.40. The number of rotatable bonds is 8. The molecule has 0 amide bonds. The highest BCUT2D eigenvalue weighted by molar-refractivity contribution is 7.88. The fourth-order valence-electron chi connectivity index (χ4n) is 2.24. The lowest BCUT2D eigenvalue weighted by atomic mass is 10.1. The van der Waals surface area contributed by atoms with Crippen LogP contribution in [0.2, 0.25) is 4.34 Å². The molecule has 5 nitrogen and oxygen atoms in total. The molecular weight excluding hydrogens is 382 g/mol. The zero-order valence-electron chi connectivity index (χ0n) is 13.6. The van der Waals surface area contributed by atoms with E-state index in [0.29, 0.717) is 15.5 Å². The Morgan fingerprint density at radius 2 is 2.12 bits per heavy atom. The van der Waals surface area contributed by atoms with E-state index in [9.17, 15) is 13.2 Å². The number of esters is 1. The van der Waals surface area contributed by atoms with E-state index in [1.165, 1.54) is 34.9 Å². The molecule has 8 heteroatoms. The van der Waals surface area contributed by atoms with Gasteiger partial charge in [0.1, 0.15) is 0 Å². The number of halogens is 1. The zero-order valence-corrected chi connectivity index (χ0v) is 16.0. The summed E-state index contributed by atoms with van der Waals surface area (Å²) in [6.45, 7) is 4.04. The van der Waals surface area contributed by atoms with Gasteiger partial charge < -0.3 is 4.74 Å². The molecule has 0 bridgehead atoms. The molecule has 0 atom stereocenters. The molecule has 0 aliphatic rings. The lowest BCUT2D eigenvalue weighted by Crippen LogP contribution is -2.31. The summed E-state index contributed by atoms with van der Waals surface area (Å²) in [6.07, 6.45) is 1.54. The molecule has 0 aliphatic carbocycles. The Morgan fingerprint density at radius 3 is 2.72 bits per heavy atom. The minimum Gasteiger partial charge on any atom is -0.465 e. The van der Waals surface area contributed by atoms with Gasteiger partial charge in [-0.3, -0.25) is 0 Å². The molecule has 0 saturated heterocycles. The van der Waals surface area contributed by atoms with Gasteiger partial charge in [-0.1, -0.05) is 29.8 Å². The van der Waals surface area contributed by atoms with E-state index in [1.54, 1.807) is 30.3 Å². The van der Waals surface area contributed by atoms with Gasteiger partial charge in [0.15, 0.2) is 0 Å². The molecule has 2 rings (SSSR count). The number of carbonyl (C=O) groups excluding carboxylic acids is 1. The molecule has 0 saturated carbocycles. The molecule has 25 heavy (non-hydrogen) atoms. The molecule has 0 N–H and O–H groups in total. The van der Waals surface area contributed by atoms with Crippen molar-refractivity contribution >= 4 is 38.9 Å². The first kappa shape index (κ1) is 19.7. The van der Waals surface area contributed by atoms with E-state index >= 15 is 0 Å². The standard InChI is InChI=1S/C17H18ClNO4S2/c1-3-9-19(11-15-7-8-16(18)24-15)25(21,22)12-13-5-4-6-14(10-13)17(20)23-2/h3-8,10H,1,9,11-12H2,2H3. The summed E-state index contributed by atoms with van der Waals surface area (Å²) in [4.78, 5) is 12.5. The fraction of sp³-hybridized carbons (Fsp3) is 0.235. The number of sulfonamides is 1. The molecule has 2 aromatic rings. The molecule has 1 aromatic carbocycles. The van der Waals surface area contributed by atoms with Crippen molar-refractivity contribution < 1.29 is 17.9 Å². The molecule has 0 spiro atoms. The van der Waals surface area contributed by atoms with Gasteiger partial charge in [0.05, 0.1) is 22.8 Å². The normalized spacial score (nSPS) is 11.5. The monoisotopic (exact) mass is 399 g/mol. The highest BCUT2D eigenvalue weighted by Gasteiger charge is 2.23. The third-order valence-corrected chi connectivity index (χ3v) is 6.36. The van der Waals surface area contributed by atoms with Crippen LogP contribution in [0.1, 0.15) is 20.8 Å². The van der Waals surface area contributed by atoms with Gasteiger partial charge in [-0.25, -0.2) is 13.2 Å². The lowest BCUT2D eigenvalue weighted by Gasteiger charge is -2.20. The fourth-order valence-corrected chi connectivity index (χ4v) is 4.88. The van der Waals surface area contributed by atoms with Crippen LogP contribution in [-0.2, 0) is 27.1 Å². The Bertz CT molecular complexity index is 861. The Hall–Kier alpha value is -1.67. The molecule has 1 heterocycles. The van der Waals surface area contributed by atoms with E-state index in [-0.39, 0.29) is 18.8 Å². The average molecular weight is 400 g/mol. The molecule has 0 fully saturated rings. The molecule has 0 radical (unpaired) electrons. The summed E-state index contributed by atoms with van der Waals surface area (Å²) < 4.78 is 32.2. The number of benzene rings is 1. The smallest absolute Gasteiger partial charge is 0.337 e. The van der Waals surface area contributed by atoms with Crippen molar-refractivity contribution in [2.45, 2.75) is 12.3 Å². The minimum atomic E-state index is -3.60. The van der Waals surface area contributed by atoms with Crippen LogP contribution in [0.15, 0.2) is 49.1 Å². The highest BCUT2D eigenvalue weighted by Crippen LogP contribution is 2.24. The maximum atomic E-state index is 12.8. The molecule has 0 unspecified atom stereocenters. The van der Waals surface area contributed by atoms with Crippen LogP contribution >= 0.6 is 22.9 Å². The quantitative estimate of drug-likeness (QED) is 0.501. The van der Waals surface area contributed by atoms with Crippen molar-refractivity contribution in [1.82, 2.24) is 4.31 Å². The van der Waals surface area contributed by atoms with Crippen LogP contribution in [0.5, 0.6) is 0 Å². The molecule has 1 aromatic heterocycles. The Labute approximate surface area is 156 Å². The Kier molecular flexibility index (Phi) is 6.78. The van der Waals surface area contributed by atoms with Gasteiger partial charge in [0.2, 0.25) is 10.0 Å². The second-order valence-corrected chi connectivity index (χ2v) is 9.00. The lowest BCUT2D eigenvalue weighted by molar-refractivity contribution is 0.0600. The van der Waals surface area contributed by atoms with Gasteiger partial charge in [-0.15, -0.1) is 17.9 Å². The predicted molar refractivity (Wildman–Crippen MR) is 100 cm³/mol. The Balaban J connectivity index is 2.22. The number of hydrogen-bond donors (Lipinski definition) is 0. The maximum absolute atomic E-state index is 12.8. The summed E-state index contributed by atoms with van der Waals surface area (Å²) in [5.41, 5.74) is 0.830. The number of methoxy groups -OCH3 is 1. The number of nitrogens with zero attached hydrogens (tertiary/aromatic N) is 1. The van der Waals surface area contributed by atoms with Gasteiger partial charge in [0, 0.05) is 18.0 Å². The Morgan fingerprint density at radius 1 is 1.36 bits per heavy atom. The number of thiophene rings is 1. The summed E-state index contributed by atoms with van der Waals surface area (Å²) in [5, 5.41) is 0. The van der Waals surface area contributed by atoms with E-state index in [1.807, 2.05) is 0 Å². The first-order valence-electron chi connectivity index (χ1n) is 7.36. The van der Waals surface area contributed by atoms with Crippen LogP contribution in [0.4, 0.5) is 0 Å². The number of ether oxygens (including phenoxy) is 1. The van der Waals surface area contributed by atoms with Gasteiger partial charge in [-0.05, 0) is 29.8 Å². The molecule has 134 valence electrons. The van der Waals surface area contributed by atoms with E-state index in [4.69, 9.17) is 11.6 Å². The van der Waals surface area contributed by atoms with E-state index in [2.05, 4.69) is 11.3 Å². The predicted octanol–water partition coefficient (Wildman–Crippen LogP) is 3.71. The number of carbonyl (C=O) groups is 1. The average Bonchev–Trinajstić information content (AvgIpc) is 2.98. The number of hydrogen-bond acceptors (Lipinski definition) is 5. The molecule has 0 aliphatic heterocycles. The molecular formula is C17H18ClNO4S2. The van der Waals surface area contributed by atoms with Crippen molar-refractivity contribution in [2.24, 2.45) is 0 Å². The second kappa shape index (κ2) is 8.62. The topological polar surface area (TPSA) is 63.7 Å². The van der Waals surface area contributed by atoms with Crippen LogP contribution in [0.3, 0.4) is 0 Å². The summed E-state index contributed by atoms with van der Waals surface area (Å²) in [6, 6.07) is 9.94. The van der Waals surface area contributed by atoms with Gasteiger partial charge >= 0.3 is 5.97 Å². The summed E-state index contributed by atoms with van der Waals surface area (Å²) >= 11 is 7.25.